The summed E-state index contributed by atoms with van der Waals surface area (Å²) in [4.78, 5) is 4.57. The molecule has 0 aromatic carbocycles. The highest BCUT2D eigenvalue weighted by Gasteiger charge is 2.42. The second kappa shape index (κ2) is 4.02. The number of amidine groups is 1. The number of nitrogens with zero attached hydrogens (tertiary/aromatic N) is 1. The van der Waals surface area contributed by atoms with E-state index >= 15 is 0 Å². The first-order valence-corrected chi connectivity index (χ1v) is 6.36. The minimum absolute atomic E-state index is 0.266. The normalized spacial score (nSPS) is 29.1. The Labute approximate surface area is 98.5 Å². The summed E-state index contributed by atoms with van der Waals surface area (Å²) in [6.07, 6.45) is 6.76. The molecule has 0 spiro atoms. The van der Waals surface area contributed by atoms with Gasteiger partial charge in [0.15, 0.2) is 0 Å². The van der Waals surface area contributed by atoms with E-state index in [4.69, 9.17) is 10.5 Å². The SMILES string of the molecule is COC1(C(N)=NC2CC2)CCC(C)(C)CC1. The van der Waals surface area contributed by atoms with Gasteiger partial charge in [-0.25, -0.2) is 0 Å². The summed E-state index contributed by atoms with van der Waals surface area (Å²) in [6, 6.07) is 0.488. The van der Waals surface area contributed by atoms with Crippen LogP contribution in [0.1, 0.15) is 52.4 Å². The Balaban J connectivity index is 2.08. The van der Waals surface area contributed by atoms with Crippen LogP contribution in [-0.2, 0) is 4.74 Å². The third-order valence-corrected chi connectivity index (χ3v) is 4.14. The number of hydrogen-bond donors (Lipinski definition) is 1. The van der Waals surface area contributed by atoms with Crippen molar-refractivity contribution in [3.05, 3.63) is 0 Å². The molecule has 0 bridgehead atoms. The van der Waals surface area contributed by atoms with Crippen molar-refractivity contribution in [3.63, 3.8) is 0 Å². The van der Waals surface area contributed by atoms with Gasteiger partial charge in [0.2, 0.25) is 0 Å². The van der Waals surface area contributed by atoms with E-state index in [1.807, 2.05) is 0 Å². The Bertz CT molecular complexity index is 282. The average molecular weight is 224 g/mol. The lowest BCUT2D eigenvalue weighted by Crippen LogP contribution is -2.49. The van der Waals surface area contributed by atoms with E-state index in [9.17, 15) is 0 Å². The molecule has 0 aromatic heterocycles. The fraction of sp³-hybridized carbons (Fsp3) is 0.923. The summed E-state index contributed by atoms with van der Waals surface area (Å²) in [5.74, 6) is 0.744. The summed E-state index contributed by atoms with van der Waals surface area (Å²) < 4.78 is 5.71. The highest BCUT2D eigenvalue weighted by molar-refractivity contribution is 5.89. The first-order chi connectivity index (χ1) is 7.47. The van der Waals surface area contributed by atoms with Gasteiger partial charge in [-0.15, -0.1) is 0 Å². The molecule has 0 saturated heterocycles. The van der Waals surface area contributed by atoms with Gasteiger partial charge < -0.3 is 10.5 Å². The Morgan fingerprint density at radius 1 is 1.19 bits per heavy atom. The zero-order valence-corrected chi connectivity index (χ0v) is 10.8. The topological polar surface area (TPSA) is 47.6 Å². The van der Waals surface area contributed by atoms with E-state index in [-0.39, 0.29) is 5.60 Å². The van der Waals surface area contributed by atoms with Gasteiger partial charge in [-0.1, -0.05) is 13.8 Å². The maximum atomic E-state index is 6.15. The van der Waals surface area contributed by atoms with Crippen LogP contribution in [-0.4, -0.2) is 24.6 Å². The maximum Gasteiger partial charge on any atom is 0.127 e. The Hall–Kier alpha value is -0.570. The first kappa shape index (κ1) is 11.9. The average Bonchev–Trinajstić information content (AvgIpc) is 3.02. The highest BCUT2D eigenvalue weighted by atomic mass is 16.5. The smallest absolute Gasteiger partial charge is 0.127 e. The van der Waals surface area contributed by atoms with Crippen molar-refractivity contribution in [3.8, 4) is 0 Å². The standard InChI is InChI=1S/C13H24N2O/c1-12(2)6-8-13(16-3,9-7-12)11(14)15-10-4-5-10/h10H,4-9H2,1-3H3,(H2,14,15). The van der Waals surface area contributed by atoms with Crippen LogP contribution >= 0.6 is 0 Å². The van der Waals surface area contributed by atoms with Crippen molar-refractivity contribution in [1.82, 2.24) is 0 Å². The van der Waals surface area contributed by atoms with Crippen LogP contribution < -0.4 is 5.73 Å². The van der Waals surface area contributed by atoms with Gasteiger partial charge in [-0.05, 0) is 43.9 Å². The molecule has 16 heavy (non-hydrogen) atoms. The third kappa shape index (κ3) is 2.40. The van der Waals surface area contributed by atoms with Gasteiger partial charge in [0.05, 0.1) is 6.04 Å². The quantitative estimate of drug-likeness (QED) is 0.591. The van der Waals surface area contributed by atoms with Gasteiger partial charge in [-0.2, -0.15) is 0 Å². The van der Waals surface area contributed by atoms with Crippen LogP contribution in [0.2, 0.25) is 0 Å². The molecular weight excluding hydrogens is 200 g/mol. The molecular formula is C13H24N2O. The van der Waals surface area contributed by atoms with Crippen molar-refractivity contribution in [2.75, 3.05) is 7.11 Å². The van der Waals surface area contributed by atoms with Crippen molar-refractivity contribution >= 4 is 5.84 Å². The molecule has 0 atom stereocenters. The van der Waals surface area contributed by atoms with Gasteiger partial charge >= 0.3 is 0 Å². The van der Waals surface area contributed by atoms with Crippen LogP contribution in [0.15, 0.2) is 4.99 Å². The van der Waals surface area contributed by atoms with Crippen LogP contribution in [0, 0.1) is 5.41 Å². The number of aliphatic imine (C=N–C) groups is 1. The maximum absolute atomic E-state index is 6.15. The summed E-state index contributed by atoms with van der Waals surface area (Å²) in [5.41, 5.74) is 6.32. The van der Waals surface area contributed by atoms with Gasteiger partial charge in [0.1, 0.15) is 11.4 Å². The molecule has 92 valence electrons. The minimum Gasteiger partial charge on any atom is -0.385 e. The molecule has 2 N–H and O–H groups in total. The molecule has 0 heterocycles. The minimum atomic E-state index is -0.266. The highest BCUT2D eigenvalue weighted by Crippen LogP contribution is 2.42. The van der Waals surface area contributed by atoms with E-state index in [1.54, 1.807) is 7.11 Å². The molecule has 2 saturated carbocycles. The summed E-state index contributed by atoms with van der Waals surface area (Å²) in [7, 11) is 1.77. The lowest BCUT2D eigenvalue weighted by molar-refractivity contribution is -0.00934. The second-order valence-electron chi connectivity index (χ2n) is 6.11. The van der Waals surface area contributed by atoms with Gasteiger partial charge in [0, 0.05) is 7.11 Å². The van der Waals surface area contributed by atoms with Crippen molar-refractivity contribution < 1.29 is 4.74 Å². The number of nitrogens with two attached hydrogens (primary N) is 1. The molecule has 0 aliphatic heterocycles. The number of hydrogen-bond acceptors (Lipinski definition) is 2. The van der Waals surface area contributed by atoms with Crippen LogP contribution in [0.5, 0.6) is 0 Å². The zero-order valence-electron chi connectivity index (χ0n) is 10.8. The molecule has 3 heteroatoms. The number of ether oxygens (including phenoxy) is 1. The van der Waals surface area contributed by atoms with Crippen molar-refractivity contribution in [1.29, 1.82) is 0 Å². The molecule has 3 nitrogen and oxygen atoms in total. The van der Waals surface area contributed by atoms with E-state index < -0.39 is 0 Å². The van der Waals surface area contributed by atoms with Crippen LogP contribution in [0.3, 0.4) is 0 Å². The molecule has 0 aromatic rings. The van der Waals surface area contributed by atoms with E-state index in [1.165, 1.54) is 25.7 Å². The molecule has 0 radical (unpaired) electrons. The summed E-state index contributed by atoms with van der Waals surface area (Å²) in [5, 5.41) is 0. The Morgan fingerprint density at radius 2 is 1.75 bits per heavy atom. The Kier molecular flexibility index (Phi) is 2.99. The Morgan fingerprint density at radius 3 is 2.19 bits per heavy atom. The first-order valence-electron chi connectivity index (χ1n) is 6.36. The van der Waals surface area contributed by atoms with Gasteiger partial charge in [0.25, 0.3) is 0 Å². The molecule has 2 rings (SSSR count). The van der Waals surface area contributed by atoms with Crippen LogP contribution in [0.25, 0.3) is 0 Å². The lowest BCUT2D eigenvalue weighted by atomic mass is 9.70. The largest absolute Gasteiger partial charge is 0.385 e. The van der Waals surface area contributed by atoms with E-state index in [0.29, 0.717) is 11.5 Å². The number of rotatable bonds is 3. The van der Waals surface area contributed by atoms with Crippen molar-refractivity contribution in [2.45, 2.75) is 64.0 Å². The number of methoxy groups -OCH3 is 1. The fourth-order valence-corrected chi connectivity index (χ4v) is 2.41. The van der Waals surface area contributed by atoms with Crippen molar-refractivity contribution in [2.24, 2.45) is 16.1 Å². The lowest BCUT2D eigenvalue weighted by Gasteiger charge is -2.42. The summed E-state index contributed by atoms with van der Waals surface area (Å²) >= 11 is 0. The fourth-order valence-electron chi connectivity index (χ4n) is 2.41. The molecule has 2 aliphatic carbocycles. The van der Waals surface area contributed by atoms with E-state index in [0.717, 1.165) is 18.7 Å². The molecule has 2 fully saturated rings. The van der Waals surface area contributed by atoms with E-state index in [2.05, 4.69) is 18.8 Å². The predicted molar refractivity (Wildman–Crippen MR) is 66.6 cm³/mol. The molecule has 0 amide bonds. The van der Waals surface area contributed by atoms with Crippen LogP contribution in [0.4, 0.5) is 0 Å². The zero-order chi connectivity index (χ0) is 11.8. The predicted octanol–water partition coefficient (Wildman–Crippen LogP) is 2.49. The summed E-state index contributed by atoms with van der Waals surface area (Å²) in [6.45, 7) is 4.64. The van der Waals surface area contributed by atoms with Gasteiger partial charge in [-0.3, -0.25) is 4.99 Å². The second-order valence-corrected chi connectivity index (χ2v) is 6.11. The third-order valence-electron chi connectivity index (χ3n) is 4.14. The molecule has 2 aliphatic rings. The monoisotopic (exact) mass is 224 g/mol. The molecule has 0 unspecified atom stereocenters.